The van der Waals surface area contributed by atoms with Gasteiger partial charge in [-0.2, -0.15) is 0 Å². The molecule has 18 heavy (non-hydrogen) atoms. The van der Waals surface area contributed by atoms with Gasteiger partial charge in [-0.15, -0.1) is 0 Å². The molecule has 1 aromatic carbocycles. The number of hydrogen-bond donors (Lipinski definition) is 1. The number of hydrogen-bond acceptors (Lipinski definition) is 4. The number of benzene rings is 1. The Bertz CT molecular complexity index is 432. The highest BCUT2D eigenvalue weighted by Gasteiger charge is 2.33. The molecule has 1 aromatic rings. The molecule has 1 unspecified atom stereocenters. The maximum absolute atomic E-state index is 5.98. The van der Waals surface area contributed by atoms with Crippen molar-refractivity contribution in [1.82, 2.24) is 4.90 Å². The summed E-state index contributed by atoms with van der Waals surface area (Å²) in [5, 5.41) is 0. The Morgan fingerprint density at radius 1 is 1.33 bits per heavy atom. The number of nitrogens with zero attached hydrogens (tertiary/aromatic N) is 1. The fourth-order valence-electron chi connectivity index (χ4n) is 2.72. The Morgan fingerprint density at radius 3 is 2.78 bits per heavy atom. The van der Waals surface area contributed by atoms with E-state index < -0.39 is 0 Å². The fraction of sp³-hybridized carbons (Fsp3) is 0.571. The Hall–Kier alpha value is -1.26. The van der Waals surface area contributed by atoms with E-state index in [-0.39, 0.29) is 6.04 Å². The molecule has 0 radical (unpaired) electrons. The van der Waals surface area contributed by atoms with Crippen molar-refractivity contribution in [2.75, 3.05) is 19.9 Å². The molecule has 2 aliphatic rings. The van der Waals surface area contributed by atoms with Crippen LogP contribution in [0.1, 0.15) is 31.4 Å². The minimum atomic E-state index is 0.289. The molecule has 0 saturated heterocycles. The Kier molecular flexibility index (Phi) is 3.14. The maximum Gasteiger partial charge on any atom is 0.231 e. The minimum Gasteiger partial charge on any atom is -0.454 e. The summed E-state index contributed by atoms with van der Waals surface area (Å²) < 4.78 is 10.8. The van der Waals surface area contributed by atoms with E-state index in [9.17, 15) is 0 Å². The van der Waals surface area contributed by atoms with E-state index >= 15 is 0 Å². The van der Waals surface area contributed by atoms with Gasteiger partial charge in [-0.05, 0) is 37.1 Å². The van der Waals surface area contributed by atoms with Crippen LogP contribution in [-0.2, 0) is 0 Å². The highest BCUT2D eigenvalue weighted by molar-refractivity contribution is 5.45. The molecule has 1 heterocycles. The second-order valence-corrected chi connectivity index (χ2v) is 4.93. The van der Waals surface area contributed by atoms with Crippen LogP contribution in [0.2, 0.25) is 0 Å². The van der Waals surface area contributed by atoms with Crippen molar-refractivity contribution in [3.63, 3.8) is 0 Å². The lowest BCUT2D eigenvalue weighted by atomic mass is 10.0. The third kappa shape index (κ3) is 2.06. The zero-order valence-corrected chi connectivity index (χ0v) is 10.8. The monoisotopic (exact) mass is 248 g/mol. The Labute approximate surface area is 108 Å². The van der Waals surface area contributed by atoms with Crippen LogP contribution in [-0.4, -0.2) is 30.8 Å². The van der Waals surface area contributed by atoms with Crippen molar-refractivity contribution < 1.29 is 9.47 Å². The van der Waals surface area contributed by atoms with Crippen LogP contribution in [0.4, 0.5) is 0 Å². The molecule has 2 N–H and O–H groups in total. The molecule has 0 aromatic heterocycles. The molecular formula is C14H20N2O2. The van der Waals surface area contributed by atoms with Crippen LogP contribution in [0, 0.1) is 0 Å². The summed E-state index contributed by atoms with van der Waals surface area (Å²) in [4.78, 5) is 2.50. The Balaban J connectivity index is 1.86. The van der Waals surface area contributed by atoms with Gasteiger partial charge in [0, 0.05) is 18.6 Å². The maximum atomic E-state index is 5.98. The quantitative estimate of drug-likeness (QED) is 0.864. The van der Waals surface area contributed by atoms with Gasteiger partial charge in [-0.25, -0.2) is 0 Å². The number of likely N-dealkylation sites (N-methyl/N-ethyl adjacent to an activating group) is 1. The van der Waals surface area contributed by atoms with Crippen LogP contribution in [0.25, 0.3) is 0 Å². The number of ether oxygens (including phenoxy) is 2. The lowest BCUT2D eigenvalue weighted by molar-refractivity contribution is 0.173. The third-order valence-electron chi connectivity index (χ3n) is 3.79. The van der Waals surface area contributed by atoms with Gasteiger partial charge in [-0.3, -0.25) is 4.90 Å². The number of rotatable bonds is 5. The SMILES string of the molecule is CCN(C1CC1)C(CN)c1ccc2c(c1)OCO2. The summed E-state index contributed by atoms with van der Waals surface area (Å²) in [6, 6.07) is 7.17. The molecule has 1 aliphatic carbocycles. The third-order valence-corrected chi connectivity index (χ3v) is 3.79. The van der Waals surface area contributed by atoms with Gasteiger partial charge in [0.1, 0.15) is 0 Å². The van der Waals surface area contributed by atoms with Gasteiger partial charge in [0.25, 0.3) is 0 Å². The van der Waals surface area contributed by atoms with E-state index in [1.165, 1.54) is 18.4 Å². The molecule has 0 spiro atoms. The summed E-state index contributed by atoms with van der Waals surface area (Å²) in [6.45, 7) is 4.21. The minimum absolute atomic E-state index is 0.289. The average molecular weight is 248 g/mol. The van der Waals surface area contributed by atoms with Crippen LogP contribution >= 0.6 is 0 Å². The van der Waals surface area contributed by atoms with Crippen LogP contribution < -0.4 is 15.2 Å². The second kappa shape index (κ2) is 4.78. The first-order valence-electron chi connectivity index (χ1n) is 6.69. The second-order valence-electron chi connectivity index (χ2n) is 4.93. The van der Waals surface area contributed by atoms with Crippen LogP contribution in [0.15, 0.2) is 18.2 Å². The summed E-state index contributed by atoms with van der Waals surface area (Å²) in [6.07, 6.45) is 2.60. The zero-order valence-electron chi connectivity index (χ0n) is 10.8. The fourth-order valence-corrected chi connectivity index (χ4v) is 2.72. The molecular weight excluding hydrogens is 228 g/mol. The van der Waals surface area contributed by atoms with Crippen LogP contribution in [0.3, 0.4) is 0 Å². The molecule has 3 rings (SSSR count). The van der Waals surface area contributed by atoms with Gasteiger partial charge in [0.2, 0.25) is 6.79 Å². The number of nitrogens with two attached hydrogens (primary N) is 1. The predicted octanol–water partition coefficient (Wildman–Crippen LogP) is 1.90. The first-order valence-corrected chi connectivity index (χ1v) is 6.69. The molecule has 1 fully saturated rings. The van der Waals surface area contributed by atoms with Crippen LogP contribution in [0.5, 0.6) is 11.5 Å². The topological polar surface area (TPSA) is 47.7 Å². The van der Waals surface area contributed by atoms with Crippen molar-refractivity contribution in [2.45, 2.75) is 31.8 Å². The van der Waals surface area contributed by atoms with E-state index in [0.717, 1.165) is 18.0 Å². The summed E-state index contributed by atoms with van der Waals surface area (Å²) in [5.74, 6) is 1.68. The largest absolute Gasteiger partial charge is 0.454 e. The Morgan fingerprint density at radius 2 is 2.11 bits per heavy atom. The summed E-state index contributed by atoms with van der Waals surface area (Å²) >= 11 is 0. The van der Waals surface area contributed by atoms with Gasteiger partial charge in [0.15, 0.2) is 11.5 Å². The zero-order chi connectivity index (χ0) is 12.5. The van der Waals surface area contributed by atoms with Crippen molar-refractivity contribution in [2.24, 2.45) is 5.73 Å². The summed E-state index contributed by atoms with van der Waals surface area (Å²) in [7, 11) is 0. The average Bonchev–Trinajstić information content (AvgIpc) is 3.12. The van der Waals surface area contributed by atoms with E-state index in [4.69, 9.17) is 15.2 Å². The van der Waals surface area contributed by atoms with E-state index in [1.807, 2.05) is 6.07 Å². The smallest absolute Gasteiger partial charge is 0.231 e. The molecule has 1 atom stereocenters. The van der Waals surface area contributed by atoms with Crippen molar-refractivity contribution in [3.05, 3.63) is 23.8 Å². The summed E-state index contributed by atoms with van der Waals surface area (Å²) in [5.41, 5.74) is 7.21. The van der Waals surface area contributed by atoms with E-state index in [2.05, 4.69) is 24.0 Å². The van der Waals surface area contributed by atoms with Crippen molar-refractivity contribution in [1.29, 1.82) is 0 Å². The molecule has 4 heteroatoms. The van der Waals surface area contributed by atoms with E-state index in [0.29, 0.717) is 19.4 Å². The molecule has 4 nitrogen and oxygen atoms in total. The lowest BCUT2D eigenvalue weighted by Crippen LogP contribution is -2.35. The van der Waals surface area contributed by atoms with Crippen molar-refractivity contribution in [3.8, 4) is 11.5 Å². The molecule has 1 aliphatic heterocycles. The van der Waals surface area contributed by atoms with Gasteiger partial charge >= 0.3 is 0 Å². The molecule has 0 bridgehead atoms. The normalized spacial score (nSPS) is 19.3. The molecule has 98 valence electrons. The molecule has 0 amide bonds. The lowest BCUT2D eigenvalue weighted by Gasteiger charge is -2.30. The highest BCUT2D eigenvalue weighted by Crippen LogP contribution is 2.38. The standard InChI is InChI=1S/C14H20N2O2/c1-2-16(11-4-5-11)12(8-15)10-3-6-13-14(7-10)18-9-17-13/h3,6-7,11-12H,2,4-5,8-9,15H2,1H3. The first kappa shape index (κ1) is 11.8. The molecule has 1 saturated carbocycles. The van der Waals surface area contributed by atoms with Gasteiger partial charge in [-0.1, -0.05) is 13.0 Å². The highest BCUT2D eigenvalue weighted by atomic mass is 16.7. The first-order chi connectivity index (χ1) is 8.83. The van der Waals surface area contributed by atoms with Gasteiger partial charge in [0.05, 0.1) is 0 Å². The predicted molar refractivity (Wildman–Crippen MR) is 69.8 cm³/mol. The number of fused-ring (bicyclic) bond motifs is 1. The van der Waals surface area contributed by atoms with E-state index in [1.54, 1.807) is 0 Å². The van der Waals surface area contributed by atoms with Gasteiger partial charge < -0.3 is 15.2 Å². The van der Waals surface area contributed by atoms with Crippen molar-refractivity contribution >= 4 is 0 Å².